The second-order valence-electron chi connectivity index (χ2n) is 4.06. The molecule has 0 saturated heterocycles. The van der Waals surface area contributed by atoms with Gasteiger partial charge in [0.15, 0.2) is 6.10 Å². The van der Waals surface area contributed by atoms with Gasteiger partial charge < -0.3 is 14.9 Å². The first-order chi connectivity index (χ1) is 6.85. The second kappa shape index (κ2) is 5.82. The molecule has 0 saturated carbocycles. The van der Waals surface area contributed by atoms with Gasteiger partial charge in [0.05, 0.1) is 12.0 Å². The Balaban J connectivity index is 4.24. The van der Waals surface area contributed by atoms with E-state index in [9.17, 15) is 14.7 Å². The molecule has 1 atom stereocenters. The fourth-order valence-corrected chi connectivity index (χ4v) is 0.753. The molecule has 0 aliphatic rings. The standard InChI is InChI=1S/C10H18O5/c1-4-5-7(12)8(13)15-9(14)10(2,3)6-11/h7,11-12H,4-6H2,1-3H3. The summed E-state index contributed by atoms with van der Waals surface area (Å²) in [5.41, 5.74) is -1.12. The molecule has 5 nitrogen and oxygen atoms in total. The molecular formula is C10H18O5. The lowest BCUT2D eigenvalue weighted by molar-refractivity contribution is -0.173. The molecule has 0 fully saturated rings. The zero-order chi connectivity index (χ0) is 12.1. The van der Waals surface area contributed by atoms with Gasteiger partial charge in [0, 0.05) is 0 Å². The number of esters is 2. The average molecular weight is 218 g/mol. The van der Waals surface area contributed by atoms with Crippen LogP contribution < -0.4 is 0 Å². The van der Waals surface area contributed by atoms with E-state index < -0.39 is 30.1 Å². The number of hydrogen-bond acceptors (Lipinski definition) is 5. The molecule has 0 aromatic carbocycles. The Morgan fingerprint density at radius 2 is 1.93 bits per heavy atom. The largest absolute Gasteiger partial charge is 0.395 e. The van der Waals surface area contributed by atoms with Crippen LogP contribution in [0.15, 0.2) is 0 Å². The Morgan fingerprint density at radius 3 is 2.33 bits per heavy atom. The smallest absolute Gasteiger partial charge is 0.342 e. The summed E-state index contributed by atoms with van der Waals surface area (Å²) in [6.45, 7) is 4.29. The van der Waals surface area contributed by atoms with Crippen LogP contribution in [0.3, 0.4) is 0 Å². The predicted octanol–water partition coefficient (Wildman–Crippen LogP) is 0.236. The minimum Gasteiger partial charge on any atom is -0.395 e. The summed E-state index contributed by atoms with van der Waals surface area (Å²) in [5.74, 6) is -1.78. The lowest BCUT2D eigenvalue weighted by Gasteiger charge is -2.19. The van der Waals surface area contributed by atoms with Crippen molar-refractivity contribution < 1.29 is 24.5 Å². The average Bonchev–Trinajstić information content (AvgIpc) is 2.17. The molecule has 0 aromatic rings. The maximum atomic E-state index is 11.3. The summed E-state index contributed by atoms with van der Waals surface area (Å²) in [6.07, 6.45) is -0.395. The first kappa shape index (κ1) is 14.1. The van der Waals surface area contributed by atoms with E-state index in [0.29, 0.717) is 6.42 Å². The third-order valence-corrected chi connectivity index (χ3v) is 1.98. The summed E-state index contributed by atoms with van der Waals surface area (Å²) < 4.78 is 4.43. The Morgan fingerprint density at radius 1 is 1.40 bits per heavy atom. The number of ether oxygens (including phenoxy) is 1. The van der Waals surface area contributed by atoms with Crippen molar-refractivity contribution in [1.82, 2.24) is 0 Å². The predicted molar refractivity (Wildman–Crippen MR) is 52.9 cm³/mol. The van der Waals surface area contributed by atoms with E-state index in [1.54, 1.807) is 6.92 Å². The molecule has 0 aliphatic carbocycles. The van der Waals surface area contributed by atoms with E-state index in [-0.39, 0.29) is 6.42 Å². The molecule has 0 aliphatic heterocycles. The van der Waals surface area contributed by atoms with Gasteiger partial charge in [-0.15, -0.1) is 0 Å². The summed E-state index contributed by atoms with van der Waals surface area (Å²) in [4.78, 5) is 22.4. The first-order valence-corrected chi connectivity index (χ1v) is 4.90. The van der Waals surface area contributed by atoms with Gasteiger partial charge >= 0.3 is 11.9 Å². The monoisotopic (exact) mass is 218 g/mol. The molecule has 0 amide bonds. The van der Waals surface area contributed by atoms with Gasteiger partial charge in [-0.2, -0.15) is 0 Å². The van der Waals surface area contributed by atoms with Gasteiger partial charge in [-0.25, -0.2) is 4.79 Å². The Kier molecular flexibility index (Phi) is 5.46. The molecule has 0 spiro atoms. The van der Waals surface area contributed by atoms with Crippen LogP contribution in [-0.2, 0) is 14.3 Å². The fraction of sp³-hybridized carbons (Fsp3) is 0.800. The minimum absolute atomic E-state index is 0.256. The molecule has 0 rings (SSSR count). The molecule has 0 heterocycles. The van der Waals surface area contributed by atoms with Gasteiger partial charge in [0.25, 0.3) is 0 Å². The van der Waals surface area contributed by atoms with Gasteiger partial charge in [0.1, 0.15) is 0 Å². The summed E-state index contributed by atoms with van der Waals surface area (Å²) in [7, 11) is 0. The highest BCUT2D eigenvalue weighted by atomic mass is 16.6. The molecule has 0 radical (unpaired) electrons. The zero-order valence-electron chi connectivity index (χ0n) is 9.32. The van der Waals surface area contributed by atoms with E-state index in [0.717, 1.165) is 0 Å². The highest BCUT2D eigenvalue weighted by molar-refractivity contribution is 5.90. The highest BCUT2D eigenvalue weighted by Crippen LogP contribution is 2.16. The normalized spacial score (nSPS) is 13.4. The third kappa shape index (κ3) is 4.40. The third-order valence-electron chi connectivity index (χ3n) is 1.98. The van der Waals surface area contributed by atoms with Crippen LogP contribution >= 0.6 is 0 Å². The molecule has 0 bridgehead atoms. The topological polar surface area (TPSA) is 83.8 Å². The quantitative estimate of drug-likeness (QED) is 0.510. The van der Waals surface area contributed by atoms with Crippen molar-refractivity contribution in [3.8, 4) is 0 Å². The Hall–Kier alpha value is -0.940. The Labute approximate surface area is 89.0 Å². The van der Waals surface area contributed by atoms with Crippen molar-refractivity contribution in [2.24, 2.45) is 5.41 Å². The van der Waals surface area contributed by atoms with Crippen LogP contribution in [0, 0.1) is 5.41 Å². The van der Waals surface area contributed by atoms with Gasteiger partial charge in [0.2, 0.25) is 0 Å². The number of aliphatic hydroxyl groups excluding tert-OH is 2. The molecule has 15 heavy (non-hydrogen) atoms. The van der Waals surface area contributed by atoms with Crippen molar-refractivity contribution in [3.05, 3.63) is 0 Å². The van der Waals surface area contributed by atoms with Crippen LogP contribution in [0.1, 0.15) is 33.6 Å². The van der Waals surface area contributed by atoms with Gasteiger partial charge in [-0.1, -0.05) is 13.3 Å². The number of carbonyl (C=O) groups excluding carboxylic acids is 2. The Bertz CT molecular complexity index is 234. The summed E-state index contributed by atoms with van der Waals surface area (Å²) in [6, 6.07) is 0. The van der Waals surface area contributed by atoms with E-state index >= 15 is 0 Å². The molecule has 0 aromatic heterocycles. The first-order valence-electron chi connectivity index (χ1n) is 4.90. The number of rotatable bonds is 5. The number of hydrogen-bond donors (Lipinski definition) is 2. The molecule has 1 unspecified atom stereocenters. The van der Waals surface area contributed by atoms with Crippen molar-refractivity contribution in [2.45, 2.75) is 39.7 Å². The molecule has 5 heteroatoms. The van der Waals surface area contributed by atoms with Crippen LogP contribution in [0.5, 0.6) is 0 Å². The number of carbonyl (C=O) groups is 2. The number of aliphatic hydroxyl groups is 2. The van der Waals surface area contributed by atoms with Crippen LogP contribution in [0.2, 0.25) is 0 Å². The van der Waals surface area contributed by atoms with Crippen LogP contribution in [-0.4, -0.2) is 34.9 Å². The summed E-state index contributed by atoms with van der Waals surface area (Å²) in [5, 5.41) is 18.1. The van der Waals surface area contributed by atoms with Crippen molar-refractivity contribution in [3.63, 3.8) is 0 Å². The van der Waals surface area contributed by atoms with E-state index in [1.807, 2.05) is 0 Å². The fourth-order valence-electron chi connectivity index (χ4n) is 0.753. The minimum atomic E-state index is -1.27. The molecular weight excluding hydrogens is 200 g/mol. The zero-order valence-corrected chi connectivity index (χ0v) is 9.32. The van der Waals surface area contributed by atoms with Crippen LogP contribution in [0.4, 0.5) is 0 Å². The SMILES string of the molecule is CCCC(O)C(=O)OC(=O)C(C)(C)CO. The highest BCUT2D eigenvalue weighted by Gasteiger charge is 2.32. The summed E-state index contributed by atoms with van der Waals surface area (Å²) >= 11 is 0. The van der Waals surface area contributed by atoms with Crippen molar-refractivity contribution in [1.29, 1.82) is 0 Å². The van der Waals surface area contributed by atoms with Crippen molar-refractivity contribution in [2.75, 3.05) is 6.61 Å². The van der Waals surface area contributed by atoms with E-state index in [4.69, 9.17) is 5.11 Å². The molecule has 88 valence electrons. The second-order valence-corrected chi connectivity index (χ2v) is 4.06. The maximum absolute atomic E-state index is 11.3. The van der Waals surface area contributed by atoms with E-state index in [1.165, 1.54) is 13.8 Å². The maximum Gasteiger partial charge on any atom is 0.342 e. The van der Waals surface area contributed by atoms with Gasteiger partial charge in [-0.3, -0.25) is 4.79 Å². The van der Waals surface area contributed by atoms with Crippen LogP contribution in [0.25, 0.3) is 0 Å². The lowest BCUT2D eigenvalue weighted by atomic mass is 9.95. The molecule has 2 N–H and O–H groups in total. The van der Waals surface area contributed by atoms with Crippen molar-refractivity contribution >= 4 is 11.9 Å². The lowest BCUT2D eigenvalue weighted by Crippen LogP contribution is -2.35. The van der Waals surface area contributed by atoms with E-state index in [2.05, 4.69) is 4.74 Å². The van der Waals surface area contributed by atoms with Gasteiger partial charge in [-0.05, 0) is 20.3 Å².